The number of hydrogen-bond donors (Lipinski definition) is 2. The molecule has 0 bridgehead atoms. The molecule has 0 unspecified atom stereocenters. The summed E-state index contributed by atoms with van der Waals surface area (Å²) in [6.45, 7) is 7.15. The monoisotopic (exact) mass is 423 g/mol. The molecule has 0 fully saturated rings. The lowest BCUT2D eigenvalue weighted by molar-refractivity contribution is 0.108. The van der Waals surface area contributed by atoms with Crippen molar-refractivity contribution < 1.29 is 9.13 Å². The van der Waals surface area contributed by atoms with Crippen LogP contribution in [0.25, 0.3) is 0 Å². The van der Waals surface area contributed by atoms with Crippen molar-refractivity contribution in [2.75, 3.05) is 26.8 Å². The molecule has 0 amide bonds. The molecule has 1 aromatic carbocycles. The molecule has 0 heterocycles. The first kappa shape index (κ1) is 21.1. The molecule has 1 aromatic rings. The molecule has 0 saturated heterocycles. The zero-order chi connectivity index (χ0) is 15.5. The van der Waals surface area contributed by atoms with Crippen molar-refractivity contribution in [1.82, 2.24) is 10.6 Å². The fourth-order valence-corrected chi connectivity index (χ4v) is 1.75. The third-order valence-corrected chi connectivity index (χ3v) is 2.78. The number of nitrogens with zero attached hydrogens (tertiary/aromatic N) is 1. The SMILES string of the molecule is CN=C(NCCCOCC(C)C)NCc1cccc(F)c1.I. The molecular weight excluding hydrogens is 396 g/mol. The van der Waals surface area contributed by atoms with Gasteiger partial charge in [-0.2, -0.15) is 0 Å². The van der Waals surface area contributed by atoms with E-state index in [0.717, 1.165) is 31.7 Å². The Morgan fingerprint density at radius 3 is 2.73 bits per heavy atom. The van der Waals surface area contributed by atoms with Crippen molar-refractivity contribution in [3.8, 4) is 0 Å². The van der Waals surface area contributed by atoms with Crippen molar-refractivity contribution in [3.63, 3.8) is 0 Å². The zero-order valence-electron chi connectivity index (χ0n) is 13.6. The summed E-state index contributed by atoms with van der Waals surface area (Å²) in [6, 6.07) is 6.53. The van der Waals surface area contributed by atoms with Gasteiger partial charge in [-0.15, -0.1) is 24.0 Å². The van der Waals surface area contributed by atoms with E-state index >= 15 is 0 Å². The Morgan fingerprint density at radius 2 is 2.09 bits per heavy atom. The Balaban J connectivity index is 0.00000441. The normalized spacial score (nSPS) is 11.2. The van der Waals surface area contributed by atoms with Gasteiger partial charge in [-0.05, 0) is 30.0 Å². The molecule has 0 saturated carbocycles. The maximum Gasteiger partial charge on any atom is 0.191 e. The van der Waals surface area contributed by atoms with E-state index in [1.54, 1.807) is 13.1 Å². The molecule has 126 valence electrons. The highest BCUT2D eigenvalue weighted by Gasteiger charge is 1.99. The molecule has 1 rings (SSSR count). The van der Waals surface area contributed by atoms with Gasteiger partial charge in [0.25, 0.3) is 0 Å². The third kappa shape index (κ3) is 9.94. The van der Waals surface area contributed by atoms with Crippen molar-refractivity contribution in [2.45, 2.75) is 26.8 Å². The van der Waals surface area contributed by atoms with Crippen LogP contribution in [0.5, 0.6) is 0 Å². The Labute approximate surface area is 149 Å². The van der Waals surface area contributed by atoms with E-state index in [-0.39, 0.29) is 29.8 Å². The van der Waals surface area contributed by atoms with Gasteiger partial charge in [-0.25, -0.2) is 4.39 Å². The van der Waals surface area contributed by atoms with Crippen LogP contribution in [0, 0.1) is 11.7 Å². The minimum absolute atomic E-state index is 0. The van der Waals surface area contributed by atoms with Crippen LogP contribution in [0.1, 0.15) is 25.8 Å². The molecule has 0 aromatic heterocycles. The molecule has 6 heteroatoms. The molecule has 0 atom stereocenters. The van der Waals surface area contributed by atoms with E-state index in [4.69, 9.17) is 4.74 Å². The van der Waals surface area contributed by atoms with Crippen molar-refractivity contribution in [1.29, 1.82) is 0 Å². The smallest absolute Gasteiger partial charge is 0.191 e. The Bertz CT molecular complexity index is 441. The predicted molar refractivity (Wildman–Crippen MR) is 100 cm³/mol. The zero-order valence-corrected chi connectivity index (χ0v) is 15.9. The summed E-state index contributed by atoms with van der Waals surface area (Å²) >= 11 is 0. The van der Waals surface area contributed by atoms with Gasteiger partial charge in [0.15, 0.2) is 5.96 Å². The van der Waals surface area contributed by atoms with E-state index < -0.39 is 0 Å². The highest BCUT2D eigenvalue weighted by molar-refractivity contribution is 14.0. The minimum atomic E-state index is -0.223. The maximum atomic E-state index is 13.1. The van der Waals surface area contributed by atoms with Gasteiger partial charge in [0.05, 0.1) is 0 Å². The lowest BCUT2D eigenvalue weighted by Gasteiger charge is -2.12. The Hall–Kier alpha value is -0.890. The molecule has 0 aliphatic rings. The number of guanidine groups is 1. The average Bonchev–Trinajstić information content (AvgIpc) is 2.45. The topological polar surface area (TPSA) is 45.7 Å². The lowest BCUT2D eigenvalue weighted by atomic mass is 10.2. The standard InChI is InChI=1S/C16H26FN3O.HI/c1-13(2)12-21-9-5-8-19-16(18-3)20-11-14-6-4-7-15(17)10-14;/h4,6-7,10,13H,5,8-9,11-12H2,1-3H3,(H2,18,19,20);1H. The number of hydrogen-bond acceptors (Lipinski definition) is 2. The van der Waals surface area contributed by atoms with Crippen molar-refractivity contribution >= 4 is 29.9 Å². The van der Waals surface area contributed by atoms with Crippen LogP contribution in [0.2, 0.25) is 0 Å². The van der Waals surface area contributed by atoms with Crippen LogP contribution in [0.15, 0.2) is 29.3 Å². The average molecular weight is 423 g/mol. The highest BCUT2D eigenvalue weighted by atomic mass is 127. The van der Waals surface area contributed by atoms with Gasteiger partial charge in [-0.3, -0.25) is 4.99 Å². The Kier molecular flexibility index (Phi) is 12.1. The number of rotatable bonds is 8. The summed E-state index contributed by atoms with van der Waals surface area (Å²) in [5.74, 6) is 1.06. The quantitative estimate of drug-likeness (QED) is 0.292. The number of ether oxygens (including phenoxy) is 1. The van der Waals surface area contributed by atoms with E-state index in [9.17, 15) is 4.39 Å². The van der Waals surface area contributed by atoms with Crippen LogP contribution < -0.4 is 10.6 Å². The summed E-state index contributed by atoms with van der Waals surface area (Å²) in [5, 5.41) is 6.36. The van der Waals surface area contributed by atoms with Gasteiger partial charge in [-0.1, -0.05) is 26.0 Å². The molecule has 2 N–H and O–H groups in total. The number of nitrogens with one attached hydrogen (secondary N) is 2. The van der Waals surface area contributed by atoms with Gasteiger partial charge < -0.3 is 15.4 Å². The van der Waals surface area contributed by atoms with Crippen LogP contribution in [-0.4, -0.2) is 32.8 Å². The fraction of sp³-hybridized carbons (Fsp3) is 0.562. The number of halogens is 2. The van der Waals surface area contributed by atoms with E-state index in [2.05, 4.69) is 29.5 Å². The first-order valence-electron chi connectivity index (χ1n) is 7.38. The van der Waals surface area contributed by atoms with Crippen LogP contribution in [0.3, 0.4) is 0 Å². The second-order valence-corrected chi connectivity index (χ2v) is 5.30. The van der Waals surface area contributed by atoms with E-state index in [0.29, 0.717) is 18.4 Å². The van der Waals surface area contributed by atoms with Gasteiger partial charge in [0, 0.05) is 33.4 Å². The third-order valence-electron chi connectivity index (χ3n) is 2.78. The second-order valence-electron chi connectivity index (χ2n) is 5.30. The van der Waals surface area contributed by atoms with Crippen molar-refractivity contribution in [3.05, 3.63) is 35.6 Å². The van der Waals surface area contributed by atoms with Crippen molar-refractivity contribution in [2.24, 2.45) is 10.9 Å². The molecule has 0 aliphatic carbocycles. The summed E-state index contributed by atoms with van der Waals surface area (Å²) in [4.78, 5) is 4.13. The molecule has 22 heavy (non-hydrogen) atoms. The van der Waals surface area contributed by atoms with Crippen LogP contribution in [0.4, 0.5) is 4.39 Å². The van der Waals surface area contributed by atoms with Gasteiger partial charge in [0.1, 0.15) is 5.82 Å². The van der Waals surface area contributed by atoms with Gasteiger partial charge >= 0.3 is 0 Å². The predicted octanol–water partition coefficient (Wildman–Crippen LogP) is 3.17. The number of aliphatic imine (C=N–C) groups is 1. The Morgan fingerprint density at radius 1 is 1.32 bits per heavy atom. The summed E-state index contributed by atoms with van der Waals surface area (Å²) < 4.78 is 18.6. The summed E-state index contributed by atoms with van der Waals surface area (Å²) in [5.41, 5.74) is 0.887. The molecular formula is C16H27FIN3O. The minimum Gasteiger partial charge on any atom is -0.381 e. The van der Waals surface area contributed by atoms with Crippen LogP contribution in [-0.2, 0) is 11.3 Å². The molecule has 0 radical (unpaired) electrons. The largest absolute Gasteiger partial charge is 0.381 e. The summed E-state index contributed by atoms with van der Waals surface area (Å²) in [6.07, 6.45) is 0.924. The first-order chi connectivity index (χ1) is 10.1. The molecule has 0 spiro atoms. The fourth-order valence-electron chi connectivity index (χ4n) is 1.75. The van der Waals surface area contributed by atoms with Crippen LogP contribution >= 0.6 is 24.0 Å². The second kappa shape index (κ2) is 12.6. The summed E-state index contributed by atoms with van der Waals surface area (Å²) in [7, 11) is 1.72. The maximum absolute atomic E-state index is 13.1. The molecule has 4 nitrogen and oxygen atoms in total. The van der Waals surface area contributed by atoms with Gasteiger partial charge in [0.2, 0.25) is 0 Å². The first-order valence-corrected chi connectivity index (χ1v) is 7.38. The number of benzene rings is 1. The molecule has 0 aliphatic heterocycles. The highest BCUT2D eigenvalue weighted by Crippen LogP contribution is 2.02. The van der Waals surface area contributed by atoms with E-state index in [1.165, 1.54) is 12.1 Å². The van der Waals surface area contributed by atoms with E-state index in [1.807, 2.05) is 6.07 Å². The lowest BCUT2D eigenvalue weighted by Crippen LogP contribution is -2.37.